The van der Waals surface area contributed by atoms with Gasteiger partial charge in [-0.2, -0.15) is 0 Å². The maximum Gasteiger partial charge on any atom is 0.309 e. The van der Waals surface area contributed by atoms with Crippen molar-refractivity contribution in [2.45, 2.75) is 91.6 Å². The van der Waals surface area contributed by atoms with Crippen molar-refractivity contribution in [2.24, 2.45) is 23.0 Å². The molecular weight excluding hydrogens is 471 g/mol. The Morgan fingerprint density at radius 1 is 1.34 bits per heavy atom. The molecule has 1 aliphatic rings. The van der Waals surface area contributed by atoms with Gasteiger partial charge in [0.15, 0.2) is 6.10 Å². The van der Waals surface area contributed by atoms with Crippen LogP contribution in [0.1, 0.15) is 77.4 Å². The average molecular weight is 511 g/mol. The number of carbonyl (C=O) groups is 2. The Balaban J connectivity index is 2.33. The summed E-state index contributed by atoms with van der Waals surface area (Å²) in [4.78, 5) is 30.0. The molecule has 0 spiro atoms. The molecule has 1 aliphatic heterocycles. The van der Waals surface area contributed by atoms with E-state index in [1.165, 1.54) is 17.4 Å². The van der Waals surface area contributed by atoms with Crippen molar-refractivity contribution in [2.75, 3.05) is 0 Å². The van der Waals surface area contributed by atoms with Crippen LogP contribution in [-0.2, 0) is 20.9 Å². The summed E-state index contributed by atoms with van der Waals surface area (Å²) >= 11 is 1.32. The number of thiazole rings is 1. The van der Waals surface area contributed by atoms with E-state index in [1.807, 2.05) is 19.9 Å². The predicted molar refractivity (Wildman–Crippen MR) is 135 cm³/mol. The first-order valence-corrected chi connectivity index (χ1v) is 13.0. The Kier molecular flexibility index (Phi) is 10.8. The lowest BCUT2D eigenvalue weighted by atomic mass is 9.73. The highest BCUT2D eigenvalue weighted by Crippen LogP contribution is 2.32. The highest BCUT2D eigenvalue weighted by Gasteiger charge is 2.42. The number of hydrogen-bond donors (Lipinski definition) is 3. The largest absolute Gasteiger partial charge is 0.455 e. The fourth-order valence-electron chi connectivity index (χ4n) is 4.24. The summed E-state index contributed by atoms with van der Waals surface area (Å²) in [5.41, 5.74) is 5.69. The summed E-state index contributed by atoms with van der Waals surface area (Å²) in [6, 6.07) is 0. The molecule has 0 aromatic carbocycles. The van der Waals surface area contributed by atoms with Crippen molar-refractivity contribution in [3.8, 4) is 0 Å². The fraction of sp³-hybridized carbons (Fsp3) is 0.654. The summed E-state index contributed by atoms with van der Waals surface area (Å²) in [6.07, 6.45) is 1.58. The van der Waals surface area contributed by atoms with Crippen molar-refractivity contribution in [1.29, 1.82) is 0 Å². The van der Waals surface area contributed by atoms with Crippen LogP contribution in [0.4, 0.5) is 4.39 Å². The van der Waals surface area contributed by atoms with Gasteiger partial charge in [0.1, 0.15) is 16.6 Å². The maximum absolute atomic E-state index is 15.2. The summed E-state index contributed by atoms with van der Waals surface area (Å²) in [5, 5.41) is 23.8. The summed E-state index contributed by atoms with van der Waals surface area (Å²) < 4.78 is 20.6. The SMILES string of the molecule is C/C1=C/C[C@@H](C(F)=Cc2csc(CN)n2)OC(=O)C[C@H](O)C(C)(C)C(=O)[C@H](C)[C@@H](O)[C@@H](C)CCC1. The number of hydrogen-bond acceptors (Lipinski definition) is 8. The smallest absolute Gasteiger partial charge is 0.309 e. The summed E-state index contributed by atoms with van der Waals surface area (Å²) in [5.74, 6) is -2.63. The molecule has 1 aromatic rings. The number of ketones is 1. The van der Waals surface area contributed by atoms with E-state index in [0.717, 1.165) is 18.4 Å². The van der Waals surface area contributed by atoms with E-state index in [2.05, 4.69) is 4.98 Å². The molecule has 7 nitrogen and oxygen atoms in total. The lowest BCUT2D eigenvalue weighted by molar-refractivity contribution is -0.154. The van der Waals surface area contributed by atoms with Crippen LogP contribution in [0.25, 0.3) is 6.08 Å². The second-order valence-corrected chi connectivity index (χ2v) is 11.1. The Hall–Kier alpha value is -1.94. The van der Waals surface area contributed by atoms with Crippen LogP contribution in [0.3, 0.4) is 0 Å². The molecule has 2 heterocycles. The molecule has 0 saturated carbocycles. The Morgan fingerprint density at radius 3 is 2.66 bits per heavy atom. The first kappa shape index (κ1) is 29.3. The standard InChI is InChI=1S/C26H39FN2O5S/c1-15-7-6-8-16(2)24(32)17(3)25(33)26(4,5)21(30)12-23(31)34-20(10-9-15)19(27)11-18-14-35-22(13-28)29-18/h9,11,14,16-17,20-21,24,30,32H,6-8,10,12-13,28H2,1-5H3/b15-9-,19-11?/t16-,17+,20-,21-,24-/m0/s1. The molecule has 0 amide bonds. The highest BCUT2D eigenvalue weighted by molar-refractivity contribution is 7.09. The zero-order valence-corrected chi connectivity index (χ0v) is 22.1. The molecule has 5 atom stereocenters. The van der Waals surface area contributed by atoms with E-state index < -0.39 is 47.9 Å². The van der Waals surface area contributed by atoms with Gasteiger partial charge in [-0.1, -0.05) is 39.3 Å². The van der Waals surface area contributed by atoms with E-state index in [1.54, 1.807) is 26.2 Å². The molecule has 0 saturated heterocycles. The number of nitrogens with zero attached hydrogens (tertiary/aromatic N) is 1. The number of aliphatic hydroxyl groups is 2. The Labute approximate surface area is 211 Å². The third kappa shape index (κ3) is 8.03. The van der Waals surface area contributed by atoms with E-state index in [-0.39, 0.29) is 24.7 Å². The highest BCUT2D eigenvalue weighted by atomic mass is 32.1. The minimum Gasteiger partial charge on any atom is -0.455 e. The van der Waals surface area contributed by atoms with Gasteiger partial charge in [0, 0.05) is 30.3 Å². The number of rotatable bonds is 3. The van der Waals surface area contributed by atoms with Crippen LogP contribution >= 0.6 is 11.3 Å². The number of Topliss-reactive ketones (excluding diaryl/α,β-unsaturated/α-hetero) is 1. The number of ether oxygens (including phenoxy) is 1. The van der Waals surface area contributed by atoms with Crippen LogP contribution in [0.2, 0.25) is 0 Å². The quantitative estimate of drug-likeness (QED) is 0.409. The van der Waals surface area contributed by atoms with Gasteiger partial charge in [0.2, 0.25) is 0 Å². The van der Waals surface area contributed by atoms with Gasteiger partial charge in [-0.25, -0.2) is 9.37 Å². The van der Waals surface area contributed by atoms with Crippen molar-refractivity contribution in [3.63, 3.8) is 0 Å². The second-order valence-electron chi connectivity index (χ2n) is 10.1. The van der Waals surface area contributed by atoms with Crippen molar-refractivity contribution >= 4 is 29.2 Å². The Bertz CT molecular complexity index is 942. The van der Waals surface area contributed by atoms with E-state index >= 15 is 4.39 Å². The van der Waals surface area contributed by atoms with Gasteiger partial charge in [-0.05, 0) is 32.1 Å². The van der Waals surface area contributed by atoms with Crippen LogP contribution in [0.5, 0.6) is 0 Å². The monoisotopic (exact) mass is 510 g/mol. The van der Waals surface area contributed by atoms with Crippen LogP contribution in [0.15, 0.2) is 22.9 Å². The van der Waals surface area contributed by atoms with Crippen molar-refractivity contribution in [3.05, 3.63) is 33.6 Å². The third-order valence-electron chi connectivity index (χ3n) is 6.86. The third-order valence-corrected chi connectivity index (χ3v) is 7.75. The minimum atomic E-state index is -1.35. The number of nitrogens with two attached hydrogens (primary N) is 1. The van der Waals surface area contributed by atoms with Gasteiger partial charge in [-0.3, -0.25) is 9.59 Å². The number of allylic oxidation sites excluding steroid dienone is 1. The first-order valence-electron chi connectivity index (χ1n) is 12.1. The number of halogens is 1. The Morgan fingerprint density at radius 2 is 2.03 bits per heavy atom. The van der Waals surface area contributed by atoms with Crippen molar-refractivity contribution < 1.29 is 28.9 Å². The number of aromatic nitrogens is 1. The van der Waals surface area contributed by atoms with E-state index in [0.29, 0.717) is 17.1 Å². The normalized spacial score (nSPS) is 31.5. The zero-order valence-electron chi connectivity index (χ0n) is 21.3. The zero-order chi connectivity index (χ0) is 26.3. The number of esters is 1. The van der Waals surface area contributed by atoms with Gasteiger partial charge < -0.3 is 20.7 Å². The molecule has 0 aliphatic carbocycles. The minimum absolute atomic E-state index is 0.114. The molecule has 0 unspecified atom stereocenters. The molecule has 9 heteroatoms. The molecule has 0 radical (unpaired) electrons. The first-order chi connectivity index (χ1) is 16.4. The molecule has 2 rings (SSSR count). The average Bonchev–Trinajstić information content (AvgIpc) is 3.26. The van der Waals surface area contributed by atoms with Crippen LogP contribution in [0, 0.1) is 17.3 Å². The molecule has 1 aromatic heterocycles. The molecule has 4 N–H and O–H groups in total. The van der Waals surface area contributed by atoms with E-state index in [4.69, 9.17) is 10.5 Å². The lowest BCUT2D eigenvalue weighted by Gasteiger charge is -2.34. The number of carbonyl (C=O) groups excluding carboxylic acids is 2. The topological polar surface area (TPSA) is 123 Å². The second kappa shape index (κ2) is 12.9. The molecular formula is C26H39FN2O5S. The molecule has 0 fully saturated rings. The van der Waals surface area contributed by atoms with Gasteiger partial charge in [0.25, 0.3) is 0 Å². The summed E-state index contributed by atoms with van der Waals surface area (Å²) in [6.45, 7) is 8.83. The van der Waals surface area contributed by atoms with Gasteiger partial charge in [0.05, 0.1) is 29.7 Å². The predicted octanol–water partition coefficient (Wildman–Crippen LogP) is 4.32. The number of aliphatic hydroxyl groups excluding tert-OH is 2. The van der Waals surface area contributed by atoms with Gasteiger partial charge >= 0.3 is 5.97 Å². The lowest BCUT2D eigenvalue weighted by Crippen LogP contribution is -2.45. The molecule has 0 bridgehead atoms. The maximum atomic E-state index is 15.2. The summed E-state index contributed by atoms with van der Waals surface area (Å²) in [7, 11) is 0. The van der Waals surface area contributed by atoms with Crippen LogP contribution < -0.4 is 5.73 Å². The molecule has 35 heavy (non-hydrogen) atoms. The van der Waals surface area contributed by atoms with Gasteiger partial charge in [-0.15, -0.1) is 11.3 Å². The number of cyclic esters (lactones) is 1. The van der Waals surface area contributed by atoms with E-state index in [9.17, 15) is 19.8 Å². The molecule has 196 valence electrons. The van der Waals surface area contributed by atoms with Crippen LogP contribution in [-0.4, -0.2) is 45.3 Å². The van der Waals surface area contributed by atoms with Crippen molar-refractivity contribution in [1.82, 2.24) is 4.98 Å². The fourth-order valence-corrected chi connectivity index (χ4v) is 4.87.